The second kappa shape index (κ2) is 11.5. The molecule has 0 fully saturated rings. The molecule has 0 unspecified atom stereocenters. The lowest BCUT2D eigenvalue weighted by Gasteiger charge is -2.12. The van der Waals surface area contributed by atoms with Crippen molar-refractivity contribution in [3.05, 3.63) is 138 Å². The van der Waals surface area contributed by atoms with Gasteiger partial charge in [-0.2, -0.15) is 22.9 Å². The Morgan fingerprint density at radius 3 is 2.35 bits per heavy atom. The monoisotopic (exact) mass is 589 g/mol. The Balaban J connectivity index is 1.50. The lowest BCUT2D eigenvalue weighted by Crippen LogP contribution is -2.20. The van der Waals surface area contributed by atoms with Crippen LogP contribution in [0.4, 0.5) is 24.5 Å². The molecule has 0 aliphatic heterocycles. The van der Waals surface area contributed by atoms with Gasteiger partial charge >= 0.3 is 11.9 Å². The molecule has 0 aliphatic carbocycles. The zero-order valence-electron chi connectivity index (χ0n) is 21.8. The number of hydrogen-bond donors (Lipinski definition) is 0. The van der Waals surface area contributed by atoms with Crippen LogP contribution in [0.25, 0.3) is 22.3 Å². The van der Waals surface area contributed by atoms with E-state index in [0.717, 1.165) is 29.1 Å². The maximum absolute atomic E-state index is 13.4. The molecule has 0 radical (unpaired) electrons. The number of nitro benzene ring substituents is 2. The molecule has 43 heavy (non-hydrogen) atoms. The molecule has 0 spiro atoms. The summed E-state index contributed by atoms with van der Waals surface area (Å²) in [7, 11) is 0. The molecular formula is C29H18F3N5O6. The van der Waals surface area contributed by atoms with E-state index < -0.39 is 32.8 Å². The quantitative estimate of drug-likeness (QED) is 0.116. The summed E-state index contributed by atoms with van der Waals surface area (Å²) in [4.78, 5) is 39.1. The highest BCUT2D eigenvalue weighted by atomic mass is 19.4. The highest BCUT2D eigenvalue weighted by Crippen LogP contribution is 2.32. The van der Waals surface area contributed by atoms with Crippen LogP contribution in [-0.4, -0.2) is 25.7 Å². The number of aromatic nitrogens is 2. The minimum atomic E-state index is -4.64. The van der Waals surface area contributed by atoms with E-state index >= 15 is 0 Å². The van der Waals surface area contributed by atoms with Gasteiger partial charge in [-0.3, -0.25) is 25.0 Å². The number of rotatable bonds is 8. The Kier molecular flexibility index (Phi) is 7.66. The number of alkyl halides is 3. The van der Waals surface area contributed by atoms with Gasteiger partial charge in [-0.1, -0.05) is 24.3 Å². The van der Waals surface area contributed by atoms with Crippen molar-refractivity contribution in [1.82, 2.24) is 9.66 Å². The molecule has 5 aromatic rings. The number of nitrogens with zero attached hydrogens (tertiary/aromatic N) is 5. The van der Waals surface area contributed by atoms with Crippen molar-refractivity contribution in [2.75, 3.05) is 0 Å². The molecule has 14 heteroatoms. The summed E-state index contributed by atoms with van der Waals surface area (Å²) in [6.07, 6.45) is -3.50. The summed E-state index contributed by atoms with van der Waals surface area (Å²) in [5.41, 5.74) is -1.19. The Bertz CT molecular complexity index is 1960. The predicted octanol–water partition coefficient (Wildman–Crippen LogP) is 6.36. The Morgan fingerprint density at radius 2 is 1.65 bits per heavy atom. The van der Waals surface area contributed by atoms with Crippen LogP contribution in [0, 0.1) is 20.2 Å². The van der Waals surface area contributed by atoms with E-state index in [1.54, 1.807) is 18.2 Å². The van der Waals surface area contributed by atoms with E-state index in [0.29, 0.717) is 5.56 Å². The molecule has 4 aromatic carbocycles. The minimum Gasteiger partial charge on any atom is -0.482 e. The molecule has 1 aromatic heterocycles. The van der Waals surface area contributed by atoms with E-state index in [2.05, 4.69) is 10.1 Å². The largest absolute Gasteiger partial charge is 0.482 e. The molecule has 0 N–H and O–H groups in total. The molecule has 0 saturated heterocycles. The Hall–Kier alpha value is -5.92. The van der Waals surface area contributed by atoms with E-state index in [4.69, 9.17) is 4.74 Å². The maximum Gasteiger partial charge on any atom is 0.416 e. The van der Waals surface area contributed by atoms with E-state index in [-0.39, 0.29) is 45.9 Å². The third kappa shape index (κ3) is 6.22. The fourth-order valence-corrected chi connectivity index (χ4v) is 4.13. The van der Waals surface area contributed by atoms with Crippen LogP contribution in [-0.2, 0) is 12.8 Å². The summed E-state index contributed by atoms with van der Waals surface area (Å²) < 4.78 is 46.6. The summed E-state index contributed by atoms with van der Waals surface area (Å²) in [5.74, 6) is -0.252. The van der Waals surface area contributed by atoms with Crippen LogP contribution in [0.2, 0.25) is 0 Å². The number of halogens is 3. The van der Waals surface area contributed by atoms with Crippen molar-refractivity contribution < 1.29 is 27.8 Å². The molecule has 11 nitrogen and oxygen atoms in total. The highest BCUT2D eigenvalue weighted by molar-refractivity contribution is 5.83. The van der Waals surface area contributed by atoms with Crippen molar-refractivity contribution >= 4 is 28.5 Å². The molecule has 0 atom stereocenters. The summed E-state index contributed by atoms with van der Waals surface area (Å²) in [6.45, 7) is -0.106. The van der Waals surface area contributed by atoms with Gasteiger partial charge in [0.15, 0.2) is 11.6 Å². The third-order valence-electron chi connectivity index (χ3n) is 6.25. The normalized spacial score (nSPS) is 11.6. The van der Waals surface area contributed by atoms with Crippen molar-refractivity contribution in [2.45, 2.75) is 12.8 Å². The summed E-state index contributed by atoms with van der Waals surface area (Å²) in [5, 5.41) is 26.9. The number of para-hydroxylation sites is 1. The Morgan fingerprint density at radius 1 is 0.907 bits per heavy atom. The number of nitro groups is 2. The summed E-state index contributed by atoms with van der Waals surface area (Å²) in [6, 6.07) is 19.9. The molecule has 0 aliphatic rings. The van der Waals surface area contributed by atoms with Crippen molar-refractivity contribution in [2.24, 2.45) is 5.10 Å². The number of ether oxygens (including phenoxy) is 1. The molecule has 1 heterocycles. The molecule has 0 bridgehead atoms. The fraction of sp³-hybridized carbons (Fsp3) is 0.0690. The summed E-state index contributed by atoms with van der Waals surface area (Å²) >= 11 is 0. The number of benzene rings is 4. The maximum atomic E-state index is 13.4. The van der Waals surface area contributed by atoms with Gasteiger partial charge in [0.25, 0.3) is 11.2 Å². The van der Waals surface area contributed by atoms with Gasteiger partial charge < -0.3 is 4.74 Å². The number of hydrogen-bond acceptors (Lipinski definition) is 8. The van der Waals surface area contributed by atoms with Crippen LogP contribution >= 0.6 is 0 Å². The van der Waals surface area contributed by atoms with Crippen LogP contribution in [0.3, 0.4) is 0 Å². The van der Waals surface area contributed by atoms with Crippen LogP contribution < -0.4 is 10.3 Å². The van der Waals surface area contributed by atoms with Crippen molar-refractivity contribution in [3.63, 3.8) is 0 Å². The minimum absolute atomic E-state index is 0.0178. The van der Waals surface area contributed by atoms with Gasteiger partial charge in [-0.15, -0.1) is 0 Å². The number of fused-ring (bicyclic) bond motifs is 1. The van der Waals surface area contributed by atoms with Crippen molar-refractivity contribution in [1.29, 1.82) is 0 Å². The second-order valence-corrected chi connectivity index (χ2v) is 9.09. The predicted molar refractivity (Wildman–Crippen MR) is 150 cm³/mol. The SMILES string of the molecule is O=c1c2ccccc2nc(-c2cccc(C(F)(F)F)c2)n1N=Cc1ccc(OCc2ccc([N+](=O)[O-])cc2)c([N+](=O)[O-])c1. The van der Waals surface area contributed by atoms with Gasteiger partial charge in [0.2, 0.25) is 0 Å². The molecule has 216 valence electrons. The van der Waals surface area contributed by atoms with Gasteiger partial charge in [0, 0.05) is 29.3 Å². The lowest BCUT2D eigenvalue weighted by molar-refractivity contribution is -0.386. The van der Waals surface area contributed by atoms with Gasteiger partial charge in [-0.25, -0.2) is 4.98 Å². The van der Waals surface area contributed by atoms with E-state index in [9.17, 15) is 38.2 Å². The first-order valence-corrected chi connectivity index (χ1v) is 12.4. The van der Waals surface area contributed by atoms with Crippen LogP contribution in [0.5, 0.6) is 5.75 Å². The first-order valence-electron chi connectivity index (χ1n) is 12.4. The van der Waals surface area contributed by atoms with Gasteiger partial charge in [0.05, 0.1) is 32.5 Å². The second-order valence-electron chi connectivity index (χ2n) is 9.09. The van der Waals surface area contributed by atoms with Crippen LogP contribution in [0.1, 0.15) is 16.7 Å². The Labute approximate surface area is 239 Å². The first kappa shape index (κ1) is 28.6. The van der Waals surface area contributed by atoms with Crippen LogP contribution in [0.15, 0.2) is 101 Å². The molecular weight excluding hydrogens is 571 g/mol. The van der Waals surface area contributed by atoms with Gasteiger partial charge in [-0.05, 0) is 54.1 Å². The molecule has 0 amide bonds. The smallest absolute Gasteiger partial charge is 0.416 e. The van der Waals surface area contributed by atoms with Crippen molar-refractivity contribution in [3.8, 4) is 17.1 Å². The van der Waals surface area contributed by atoms with E-state index in [1.165, 1.54) is 54.6 Å². The zero-order chi connectivity index (χ0) is 30.7. The van der Waals surface area contributed by atoms with E-state index in [1.807, 2.05) is 0 Å². The zero-order valence-corrected chi connectivity index (χ0v) is 21.8. The topological polar surface area (TPSA) is 143 Å². The average Bonchev–Trinajstić information content (AvgIpc) is 2.99. The standard InChI is InChI=1S/C29H18F3N5O6/c30-29(31,32)21-5-3-4-20(15-21)27-34-24-7-2-1-6-23(24)28(38)35(27)33-16-19-10-13-26(25(14-19)37(41)42)43-17-18-8-11-22(12-9-18)36(39)40/h1-16H,17H2. The average molecular weight is 589 g/mol. The number of non-ortho nitro benzene ring substituents is 1. The fourth-order valence-electron chi connectivity index (χ4n) is 4.13. The molecule has 0 saturated carbocycles. The van der Waals surface area contributed by atoms with Gasteiger partial charge in [0.1, 0.15) is 6.61 Å². The first-order chi connectivity index (χ1) is 20.5. The molecule has 5 rings (SSSR count). The third-order valence-corrected chi connectivity index (χ3v) is 6.25. The lowest BCUT2D eigenvalue weighted by atomic mass is 10.1. The highest BCUT2D eigenvalue weighted by Gasteiger charge is 2.31.